The van der Waals surface area contributed by atoms with Crippen LogP contribution in [0.2, 0.25) is 0 Å². The summed E-state index contributed by atoms with van der Waals surface area (Å²) in [6, 6.07) is 4.41. The Morgan fingerprint density at radius 2 is 2.25 bits per heavy atom. The number of methoxy groups -OCH3 is 1. The number of phenolic OH excluding ortho intramolecular Hbond substituents is 1. The number of benzene rings is 1. The first-order chi connectivity index (χ1) is 7.04. The fraction of sp³-hybridized carbons (Fsp3) is 0.300. The Morgan fingerprint density at radius 1 is 1.62 bits per heavy atom. The van der Waals surface area contributed by atoms with Gasteiger partial charge in [0, 0.05) is 16.1 Å². The molecule has 1 atom stereocenters. The number of nitrogens with two attached hydrogens (primary N) is 1. The smallest absolute Gasteiger partial charge is 0.307 e. The van der Waals surface area contributed by atoms with Crippen LogP contribution >= 0.6 is 28.3 Å². The van der Waals surface area contributed by atoms with Crippen molar-refractivity contribution in [1.29, 1.82) is 0 Å². The van der Waals surface area contributed by atoms with E-state index in [4.69, 9.17) is 5.73 Å². The average Bonchev–Trinajstić information content (AvgIpc) is 2.17. The van der Waals surface area contributed by atoms with Crippen molar-refractivity contribution in [2.45, 2.75) is 12.5 Å². The molecule has 3 N–H and O–H groups in total. The van der Waals surface area contributed by atoms with Crippen molar-refractivity contribution in [2.75, 3.05) is 7.11 Å². The van der Waals surface area contributed by atoms with Crippen LogP contribution < -0.4 is 5.73 Å². The Balaban J connectivity index is 0.00000225. The Morgan fingerprint density at radius 3 is 2.75 bits per heavy atom. The number of aromatic hydroxyl groups is 1. The molecule has 0 spiro atoms. The molecule has 0 saturated carbocycles. The molecular weight excluding hydrogens is 297 g/mol. The number of phenols is 1. The highest BCUT2D eigenvalue weighted by molar-refractivity contribution is 9.10. The Hall–Kier alpha value is -0.780. The van der Waals surface area contributed by atoms with E-state index in [1.165, 1.54) is 13.2 Å². The average molecular weight is 311 g/mol. The van der Waals surface area contributed by atoms with Gasteiger partial charge in [0.2, 0.25) is 0 Å². The molecule has 0 unspecified atom stereocenters. The highest BCUT2D eigenvalue weighted by Gasteiger charge is 2.15. The monoisotopic (exact) mass is 309 g/mol. The quantitative estimate of drug-likeness (QED) is 0.839. The van der Waals surface area contributed by atoms with Crippen LogP contribution in [0.15, 0.2) is 22.7 Å². The van der Waals surface area contributed by atoms with Gasteiger partial charge in [-0.3, -0.25) is 4.79 Å². The highest BCUT2D eigenvalue weighted by atomic mass is 79.9. The molecule has 1 rings (SSSR count). The molecule has 1 aromatic carbocycles. The van der Waals surface area contributed by atoms with Crippen molar-refractivity contribution in [3.63, 3.8) is 0 Å². The van der Waals surface area contributed by atoms with Crippen LogP contribution in [0.4, 0.5) is 0 Å². The van der Waals surface area contributed by atoms with Gasteiger partial charge in [-0.05, 0) is 12.1 Å². The number of hydrogen-bond acceptors (Lipinski definition) is 4. The SMILES string of the molecule is COC(=O)C[C@@H](N)c1ccc(Br)cc1O.Cl. The zero-order valence-corrected chi connectivity index (χ0v) is 11.0. The van der Waals surface area contributed by atoms with Gasteiger partial charge >= 0.3 is 5.97 Å². The maximum Gasteiger partial charge on any atom is 0.307 e. The number of ether oxygens (including phenoxy) is 1. The number of esters is 1. The fourth-order valence-electron chi connectivity index (χ4n) is 1.20. The van der Waals surface area contributed by atoms with Gasteiger partial charge in [-0.15, -0.1) is 12.4 Å². The lowest BCUT2D eigenvalue weighted by atomic mass is 10.0. The zero-order valence-electron chi connectivity index (χ0n) is 8.64. The summed E-state index contributed by atoms with van der Waals surface area (Å²) in [7, 11) is 1.30. The van der Waals surface area contributed by atoms with E-state index in [0.717, 1.165) is 4.47 Å². The molecule has 16 heavy (non-hydrogen) atoms. The minimum absolute atomic E-state index is 0. The second-order valence-electron chi connectivity index (χ2n) is 3.09. The van der Waals surface area contributed by atoms with E-state index in [1.54, 1.807) is 12.1 Å². The van der Waals surface area contributed by atoms with Crippen LogP contribution in [0.3, 0.4) is 0 Å². The first-order valence-electron chi connectivity index (χ1n) is 4.35. The standard InChI is InChI=1S/C10H12BrNO3.ClH/c1-15-10(14)5-8(12)7-3-2-6(11)4-9(7)13;/h2-4,8,13H,5,12H2,1H3;1H/t8-;/m1./s1. The largest absolute Gasteiger partial charge is 0.508 e. The predicted octanol–water partition coefficient (Wildman–Crippen LogP) is 2.14. The van der Waals surface area contributed by atoms with Crippen molar-refractivity contribution >= 4 is 34.3 Å². The molecule has 0 aliphatic rings. The van der Waals surface area contributed by atoms with E-state index in [1.807, 2.05) is 0 Å². The van der Waals surface area contributed by atoms with Gasteiger partial charge in [0.05, 0.1) is 13.5 Å². The lowest BCUT2D eigenvalue weighted by Gasteiger charge is -2.12. The van der Waals surface area contributed by atoms with Crippen molar-refractivity contribution in [3.8, 4) is 5.75 Å². The van der Waals surface area contributed by atoms with E-state index < -0.39 is 12.0 Å². The summed E-state index contributed by atoms with van der Waals surface area (Å²) >= 11 is 3.22. The summed E-state index contributed by atoms with van der Waals surface area (Å²) < 4.78 is 5.25. The van der Waals surface area contributed by atoms with E-state index in [-0.39, 0.29) is 24.6 Å². The van der Waals surface area contributed by atoms with Gasteiger partial charge in [-0.1, -0.05) is 22.0 Å². The van der Waals surface area contributed by atoms with Gasteiger partial charge in [0.25, 0.3) is 0 Å². The molecule has 0 fully saturated rings. The third kappa shape index (κ3) is 4.00. The van der Waals surface area contributed by atoms with Crippen LogP contribution in [0.1, 0.15) is 18.0 Å². The molecule has 4 nitrogen and oxygen atoms in total. The van der Waals surface area contributed by atoms with Gasteiger partial charge in [0.15, 0.2) is 0 Å². The zero-order chi connectivity index (χ0) is 11.4. The summed E-state index contributed by atoms with van der Waals surface area (Å²) in [5, 5.41) is 9.59. The summed E-state index contributed by atoms with van der Waals surface area (Å²) in [6.45, 7) is 0. The van der Waals surface area contributed by atoms with Gasteiger partial charge in [-0.2, -0.15) is 0 Å². The second-order valence-corrected chi connectivity index (χ2v) is 4.01. The molecule has 0 bridgehead atoms. The minimum Gasteiger partial charge on any atom is -0.508 e. The third-order valence-electron chi connectivity index (χ3n) is 2.01. The Kier molecular flexibility index (Phi) is 6.40. The van der Waals surface area contributed by atoms with E-state index in [2.05, 4.69) is 20.7 Å². The van der Waals surface area contributed by atoms with Crippen LogP contribution in [-0.4, -0.2) is 18.2 Å². The number of hydrogen-bond donors (Lipinski definition) is 2. The molecule has 0 amide bonds. The third-order valence-corrected chi connectivity index (χ3v) is 2.50. The van der Waals surface area contributed by atoms with Crippen molar-refractivity contribution in [2.24, 2.45) is 5.73 Å². The molecule has 1 aromatic rings. The summed E-state index contributed by atoms with van der Waals surface area (Å²) in [5.74, 6) is -0.328. The van der Waals surface area contributed by atoms with Crippen LogP contribution in [0, 0.1) is 0 Å². The molecule has 0 aliphatic heterocycles. The van der Waals surface area contributed by atoms with Crippen LogP contribution in [0.5, 0.6) is 5.75 Å². The molecule has 0 saturated heterocycles. The van der Waals surface area contributed by atoms with Gasteiger partial charge in [0.1, 0.15) is 5.75 Å². The van der Waals surface area contributed by atoms with Gasteiger partial charge in [-0.25, -0.2) is 0 Å². The van der Waals surface area contributed by atoms with E-state index >= 15 is 0 Å². The van der Waals surface area contributed by atoms with Crippen molar-refractivity contribution in [3.05, 3.63) is 28.2 Å². The summed E-state index contributed by atoms with van der Waals surface area (Å²) in [4.78, 5) is 11.0. The molecule has 90 valence electrons. The number of carbonyl (C=O) groups excluding carboxylic acids is 1. The predicted molar refractivity (Wildman–Crippen MR) is 66.6 cm³/mol. The normalized spacial score (nSPS) is 11.4. The lowest BCUT2D eigenvalue weighted by Crippen LogP contribution is -2.16. The first kappa shape index (κ1) is 15.2. The summed E-state index contributed by atoms with van der Waals surface area (Å²) in [5.41, 5.74) is 6.28. The minimum atomic E-state index is -0.550. The molecule has 6 heteroatoms. The Labute approximate surface area is 108 Å². The Bertz CT molecular complexity index is 373. The summed E-state index contributed by atoms with van der Waals surface area (Å²) in [6.07, 6.45) is 0.0473. The first-order valence-corrected chi connectivity index (χ1v) is 5.14. The number of carbonyl (C=O) groups is 1. The maximum atomic E-state index is 11.0. The lowest BCUT2D eigenvalue weighted by molar-refractivity contribution is -0.141. The molecule has 0 radical (unpaired) electrons. The highest BCUT2D eigenvalue weighted by Crippen LogP contribution is 2.27. The van der Waals surface area contributed by atoms with Gasteiger partial charge < -0.3 is 15.6 Å². The van der Waals surface area contributed by atoms with E-state index in [0.29, 0.717) is 5.56 Å². The molecular formula is C10H13BrClNO3. The van der Waals surface area contributed by atoms with Crippen molar-refractivity contribution in [1.82, 2.24) is 0 Å². The molecule has 0 heterocycles. The van der Waals surface area contributed by atoms with E-state index in [9.17, 15) is 9.90 Å². The number of halogens is 2. The molecule has 0 aliphatic carbocycles. The van der Waals surface area contributed by atoms with Crippen LogP contribution in [0.25, 0.3) is 0 Å². The molecule has 0 aromatic heterocycles. The van der Waals surface area contributed by atoms with Crippen molar-refractivity contribution < 1.29 is 14.6 Å². The fourth-order valence-corrected chi connectivity index (χ4v) is 1.55. The second kappa shape index (κ2) is 6.73. The maximum absolute atomic E-state index is 11.0. The number of rotatable bonds is 3. The topological polar surface area (TPSA) is 72.5 Å². The van der Waals surface area contributed by atoms with Crippen LogP contribution in [-0.2, 0) is 9.53 Å².